The number of amides is 1. The standard InChI is InChI=1S/C15H15BrN2O2S/c1-10-7-11(16)3-5-13(10)21-9-14(19)18-12-4-6-15(20-2)17-8-12/h3-8H,9H2,1-2H3,(H,18,19). The van der Waals surface area contributed by atoms with Gasteiger partial charge in [0.2, 0.25) is 11.8 Å². The van der Waals surface area contributed by atoms with Crippen molar-refractivity contribution >= 4 is 39.3 Å². The zero-order valence-electron chi connectivity index (χ0n) is 11.7. The van der Waals surface area contributed by atoms with E-state index in [0.29, 0.717) is 17.3 Å². The number of halogens is 1. The molecule has 2 aromatic rings. The third-order valence-electron chi connectivity index (χ3n) is 2.72. The highest BCUT2D eigenvalue weighted by atomic mass is 79.9. The summed E-state index contributed by atoms with van der Waals surface area (Å²) in [5, 5.41) is 2.81. The average molecular weight is 367 g/mol. The maximum atomic E-state index is 11.9. The number of benzene rings is 1. The van der Waals surface area contributed by atoms with Gasteiger partial charge in [-0.3, -0.25) is 4.79 Å². The number of hydrogen-bond acceptors (Lipinski definition) is 4. The quantitative estimate of drug-likeness (QED) is 0.815. The van der Waals surface area contributed by atoms with E-state index in [1.807, 2.05) is 25.1 Å². The maximum absolute atomic E-state index is 11.9. The largest absolute Gasteiger partial charge is 0.481 e. The molecule has 6 heteroatoms. The number of rotatable bonds is 5. The lowest BCUT2D eigenvalue weighted by molar-refractivity contribution is -0.113. The van der Waals surface area contributed by atoms with Crippen LogP contribution in [0.1, 0.15) is 5.56 Å². The molecule has 4 nitrogen and oxygen atoms in total. The van der Waals surface area contributed by atoms with Crippen molar-refractivity contribution in [3.63, 3.8) is 0 Å². The first-order valence-corrected chi connectivity index (χ1v) is 8.05. The monoisotopic (exact) mass is 366 g/mol. The van der Waals surface area contributed by atoms with Gasteiger partial charge >= 0.3 is 0 Å². The Morgan fingerprint density at radius 1 is 1.38 bits per heavy atom. The molecule has 0 aliphatic heterocycles. The van der Waals surface area contributed by atoms with Crippen LogP contribution in [-0.2, 0) is 4.79 Å². The summed E-state index contributed by atoms with van der Waals surface area (Å²) in [6, 6.07) is 9.49. The Morgan fingerprint density at radius 3 is 2.81 bits per heavy atom. The van der Waals surface area contributed by atoms with Crippen LogP contribution in [0.15, 0.2) is 45.9 Å². The number of anilines is 1. The number of carbonyl (C=O) groups is 1. The van der Waals surface area contributed by atoms with Crippen molar-refractivity contribution in [2.75, 3.05) is 18.2 Å². The summed E-state index contributed by atoms with van der Waals surface area (Å²) in [4.78, 5) is 17.1. The van der Waals surface area contributed by atoms with Gasteiger partial charge in [-0.2, -0.15) is 0 Å². The summed E-state index contributed by atoms with van der Waals surface area (Å²) in [7, 11) is 1.55. The molecule has 1 N–H and O–H groups in total. The zero-order valence-corrected chi connectivity index (χ0v) is 14.1. The molecule has 0 saturated heterocycles. The minimum absolute atomic E-state index is 0.0608. The van der Waals surface area contributed by atoms with Crippen molar-refractivity contribution < 1.29 is 9.53 Å². The van der Waals surface area contributed by atoms with Crippen molar-refractivity contribution in [1.82, 2.24) is 4.98 Å². The zero-order chi connectivity index (χ0) is 15.2. The molecule has 0 saturated carbocycles. The summed E-state index contributed by atoms with van der Waals surface area (Å²) in [5.41, 5.74) is 1.81. The van der Waals surface area contributed by atoms with Crippen LogP contribution < -0.4 is 10.1 Å². The summed E-state index contributed by atoms with van der Waals surface area (Å²) in [6.07, 6.45) is 1.58. The lowest BCUT2D eigenvalue weighted by Gasteiger charge is -2.07. The number of carbonyl (C=O) groups excluding carboxylic acids is 1. The number of hydrogen-bond donors (Lipinski definition) is 1. The second kappa shape index (κ2) is 7.47. The highest BCUT2D eigenvalue weighted by Gasteiger charge is 2.06. The minimum Gasteiger partial charge on any atom is -0.481 e. The highest BCUT2D eigenvalue weighted by molar-refractivity contribution is 9.10. The Bertz CT molecular complexity index is 632. The molecule has 0 fully saturated rings. The second-order valence-corrected chi connectivity index (χ2v) is 6.27. The van der Waals surface area contributed by atoms with Gasteiger partial charge in [0.1, 0.15) is 0 Å². The average Bonchev–Trinajstić information content (AvgIpc) is 2.47. The predicted molar refractivity (Wildman–Crippen MR) is 89.0 cm³/mol. The Labute approximate surface area is 136 Å². The van der Waals surface area contributed by atoms with E-state index < -0.39 is 0 Å². The Kier molecular flexibility index (Phi) is 5.64. The van der Waals surface area contributed by atoms with Gasteiger partial charge in [0.15, 0.2) is 0 Å². The number of aryl methyl sites for hydroxylation is 1. The fourth-order valence-corrected chi connectivity index (χ4v) is 2.98. The van der Waals surface area contributed by atoms with E-state index in [1.165, 1.54) is 11.8 Å². The van der Waals surface area contributed by atoms with Gasteiger partial charge in [-0.1, -0.05) is 15.9 Å². The number of ether oxygens (including phenoxy) is 1. The fraction of sp³-hybridized carbons (Fsp3) is 0.200. The molecule has 0 unspecified atom stereocenters. The van der Waals surface area contributed by atoms with E-state index in [4.69, 9.17) is 4.74 Å². The van der Waals surface area contributed by atoms with Gasteiger partial charge in [-0.15, -0.1) is 11.8 Å². The third-order valence-corrected chi connectivity index (χ3v) is 4.39. The molecule has 110 valence electrons. The molecule has 0 spiro atoms. The van der Waals surface area contributed by atoms with E-state index in [-0.39, 0.29) is 5.91 Å². The number of aromatic nitrogens is 1. The van der Waals surface area contributed by atoms with Crippen LogP contribution in [0.5, 0.6) is 5.88 Å². The first kappa shape index (κ1) is 15.9. The second-order valence-electron chi connectivity index (χ2n) is 4.34. The number of nitrogens with one attached hydrogen (secondary N) is 1. The van der Waals surface area contributed by atoms with E-state index in [0.717, 1.165) is 14.9 Å². The molecule has 0 radical (unpaired) electrons. The Hall–Kier alpha value is -1.53. The van der Waals surface area contributed by atoms with Crippen molar-refractivity contribution in [1.29, 1.82) is 0 Å². The van der Waals surface area contributed by atoms with Crippen molar-refractivity contribution in [2.45, 2.75) is 11.8 Å². The number of thioether (sulfide) groups is 1. The molecule has 0 aliphatic carbocycles. The van der Waals surface area contributed by atoms with E-state index >= 15 is 0 Å². The van der Waals surface area contributed by atoms with E-state index in [1.54, 1.807) is 25.4 Å². The SMILES string of the molecule is COc1ccc(NC(=O)CSc2ccc(Br)cc2C)cn1. The molecule has 21 heavy (non-hydrogen) atoms. The summed E-state index contributed by atoms with van der Waals surface area (Å²) in [5.74, 6) is 0.816. The van der Waals surface area contributed by atoms with Gasteiger partial charge in [0, 0.05) is 15.4 Å². The third kappa shape index (κ3) is 4.75. The Morgan fingerprint density at radius 2 is 2.19 bits per heavy atom. The molecule has 2 rings (SSSR count). The molecule has 0 atom stereocenters. The molecule has 1 heterocycles. The smallest absolute Gasteiger partial charge is 0.234 e. The van der Waals surface area contributed by atoms with Crippen molar-refractivity contribution in [3.8, 4) is 5.88 Å². The van der Waals surface area contributed by atoms with Gasteiger partial charge in [0.25, 0.3) is 0 Å². The van der Waals surface area contributed by atoms with Crippen molar-refractivity contribution in [3.05, 3.63) is 46.6 Å². The van der Waals surface area contributed by atoms with Gasteiger partial charge in [0.05, 0.1) is 24.7 Å². The van der Waals surface area contributed by atoms with Crippen LogP contribution in [0.2, 0.25) is 0 Å². The molecular weight excluding hydrogens is 352 g/mol. The highest BCUT2D eigenvalue weighted by Crippen LogP contribution is 2.25. The Balaban J connectivity index is 1.89. The predicted octanol–water partition coefficient (Wildman–Crippen LogP) is 3.89. The van der Waals surface area contributed by atoms with Crippen molar-refractivity contribution in [2.24, 2.45) is 0 Å². The summed E-state index contributed by atoms with van der Waals surface area (Å²) < 4.78 is 6.01. The summed E-state index contributed by atoms with van der Waals surface area (Å²) in [6.45, 7) is 2.03. The van der Waals surface area contributed by atoms with Gasteiger partial charge in [-0.25, -0.2) is 4.98 Å². The normalized spacial score (nSPS) is 10.2. The van der Waals surface area contributed by atoms with Crippen LogP contribution in [0.25, 0.3) is 0 Å². The first-order valence-electron chi connectivity index (χ1n) is 6.27. The van der Waals surface area contributed by atoms with Crippen LogP contribution in [-0.4, -0.2) is 23.8 Å². The molecule has 0 aliphatic rings. The van der Waals surface area contributed by atoms with Crippen LogP contribution in [0.3, 0.4) is 0 Å². The topological polar surface area (TPSA) is 51.2 Å². The number of nitrogens with zero attached hydrogens (tertiary/aromatic N) is 1. The first-order chi connectivity index (χ1) is 10.1. The molecule has 1 aromatic heterocycles. The fourth-order valence-electron chi connectivity index (χ4n) is 1.69. The molecular formula is C15H15BrN2O2S. The lowest BCUT2D eigenvalue weighted by atomic mass is 10.2. The number of pyridine rings is 1. The van der Waals surface area contributed by atoms with Crippen LogP contribution >= 0.6 is 27.7 Å². The molecule has 1 amide bonds. The minimum atomic E-state index is -0.0608. The van der Waals surface area contributed by atoms with Gasteiger partial charge in [-0.05, 0) is 36.8 Å². The number of methoxy groups -OCH3 is 1. The van der Waals surface area contributed by atoms with E-state index in [2.05, 4.69) is 26.2 Å². The lowest BCUT2D eigenvalue weighted by Crippen LogP contribution is -2.14. The van der Waals surface area contributed by atoms with E-state index in [9.17, 15) is 4.79 Å². The van der Waals surface area contributed by atoms with Crippen LogP contribution in [0.4, 0.5) is 5.69 Å². The molecule has 0 bridgehead atoms. The summed E-state index contributed by atoms with van der Waals surface area (Å²) >= 11 is 4.94. The molecule has 1 aromatic carbocycles. The van der Waals surface area contributed by atoms with Crippen LogP contribution in [0, 0.1) is 6.92 Å². The maximum Gasteiger partial charge on any atom is 0.234 e. The van der Waals surface area contributed by atoms with Gasteiger partial charge < -0.3 is 10.1 Å².